The van der Waals surface area contributed by atoms with Gasteiger partial charge in [0.2, 0.25) is 5.82 Å². The topological polar surface area (TPSA) is 191 Å². The van der Waals surface area contributed by atoms with Gasteiger partial charge in [0, 0.05) is 54.9 Å². The molecule has 0 aliphatic carbocycles. The van der Waals surface area contributed by atoms with Crippen LogP contribution in [0.25, 0.3) is 33.8 Å². The predicted molar refractivity (Wildman–Crippen MR) is 220 cm³/mol. The molecule has 12 heteroatoms. The second-order valence-electron chi connectivity index (χ2n) is 15.9. The summed E-state index contributed by atoms with van der Waals surface area (Å²) in [5, 5.41) is 43.1. The van der Waals surface area contributed by atoms with Crippen molar-refractivity contribution in [1.29, 1.82) is 0 Å². The largest absolute Gasteiger partial charge is 0.461 e. The third-order valence-electron chi connectivity index (χ3n) is 11.2. The molecule has 0 radical (unpaired) electrons. The minimum absolute atomic E-state index is 0.190. The minimum Gasteiger partial charge on any atom is -0.461 e. The number of aliphatic hydroxyl groups excluding tert-OH is 4. The van der Waals surface area contributed by atoms with E-state index >= 15 is 0 Å². The average Bonchev–Trinajstić information content (AvgIpc) is 3.97. The molecule has 0 spiro atoms. The van der Waals surface area contributed by atoms with Crippen LogP contribution in [0.15, 0.2) is 69.6 Å². The molecule has 0 unspecified atom stereocenters. The highest BCUT2D eigenvalue weighted by Crippen LogP contribution is 2.36. The van der Waals surface area contributed by atoms with E-state index in [4.69, 9.17) is 20.4 Å². The molecule has 5 aromatic rings. The van der Waals surface area contributed by atoms with E-state index in [9.17, 15) is 20.4 Å². The SMILES string of the molecule is CCCCCCCCc1ccc2c(c1)CCN(CC(N)(CO)CO)C2.Cc1cc2cc(-c3nc(-c4cccc5c4CCN5CC(N)(CO)CO)no3)ccc2o1. The van der Waals surface area contributed by atoms with E-state index in [1.54, 1.807) is 0 Å². The third kappa shape index (κ3) is 10.0. The molecule has 302 valence electrons. The van der Waals surface area contributed by atoms with Crippen LogP contribution in [0.2, 0.25) is 0 Å². The molecular formula is C44H60N6O6. The molecule has 7 rings (SSSR count). The first-order valence-electron chi connectivity index (χ1n) is 20.2. The molecule has 0 saturated carbocycles. The second kappa shape index (κ2) is 18.9. The Labute approximate surface area is 330 Å². The zero-order valence-corrected chi connectivity index (χ0v) is 33.1. The number of nitrogens with two attached hydrogens (primary N) is 2. The summed E-state index contributed by atoms with van der Waals surface area (Å²) in [4.78, 5) is 8.97. The number of hydrogen-bond acceptors (Lipinski definition) is 12. The predicted octanol–water partition coefficient (Wildman–Crippen LogP) is 5.13. The van der Waals surface area contributed by atoms with E-state index in [1.807, 2.05) is 49.4 Å². The van der Waals surface area contributed by atoms with Gasteiger partial charge >= 0.3 is 0 Å². The third-order valence-corrected chi connectivity index (χ3v) is 11.2. The van der Waals surface area contributed by atoms with Crippen LogP contribution in [0, 0.1) is 6.92 Å². The maximum atomic E-state index is 9.55. The van der Waals surface area contributed by atoms with Crippen molar-refractivity contribution >= 4 is 16.7 Å². The smallest absolute Gasteiger partial charge is 0.258 e. The molecule has 0 fully saturated rings. The monoisotopic (exact) mass is 768 g/mol. The molecule has 0 amide bonds. The Morgan fingerprint density at radius 1 is 0.786 bits per heavy atom. The Balaban J connectivity index is 0.000000195. The van der Waals surface area contributed by atoms with Crippen molar-refractivity contribution in [3.63, 3.8) is 0 Å². The van der Waals surface area contributed by atoms with Crippen LogP contribution >= 0.6 is 0 Å². The molecule has 0 atom stereocenters. The van der Waals surface area contributed by atoms with Crippen molar-refractivity contribution in [3.8, 4) is 22.8 Å². The van der Waals surface area contributed by atoms with E-state index in [0.717, 1.165) is 71.6 Å². The number of aromatic nitrogens is 2. The van der Waals surface area contributed by atoms with Crippen molar-refractivity contribution < 1.29 is 29.4 Å². The molecule has 8 N–H and O–H groups in total. The number of unbranched alkanes of at least 4 members (excludes halogenated alkanes) is 5. The quantitative estimate of drug-likeness (QED) is 0.0685. The van der Waals surface area contributed by atoms with Crippen molar-refractivity contribution in [2.45, 2.75) is 89.3 Å². The molecule has 2 aliphatic rings. The van der Waals surface area contributed by atoms with Gasteiger partial charge in [-0.2, -0.15) is 4.98 Å². The fraction of sp³-hybridized carbons (Fsp3) is 0.500. The van der Waals surface area contributed by atoms with Gasteiger partial charge in [-0.25, -0.2) is 0 Å². The molecule has 56 heavy (non-hydrogen) atoms. The Kier molecular flexibility index (Phi) is 14.0. The van der Waals surface area contributed by atoms with Crippen molar-refractivity contribution in [2.24, 2.45) is 11.5 Å². The average molecular weight is 769 g/mol. The lowest BCUT2D eigenvalue weighted by Gasteiger charge is -2.35. The van der Waals surface area contributed by atoms with E-state index in [2.05, 4.69) is 45.1 Å². The summed E-state index contributed by atoms with van der Waals surface area (Å²) < 4.78 is 11.2. The lowest BCUT2D eigenvalue weighted by atomic mass is 9.93. The highest BCUT2D eigenvalue weighted by Gasteiger charge is 2.32. The first-order chi connectivity index (χ1) is 27.1. The summed E-state index contributed by atoms with van der Waals surface area (Å²) in [7, 11) is 0. The molecule has 0 saturated heterocycles. The van der Waals surface area contributed by atoms with Crippen LogP contribution in [-0.4, -0.2) is 99.2 Å². The number of rotatable bonds is 17. The number of furan rings is 1. The van der Waals surface area contributed by atoms with Gasteiger partial charge in [0.25, 0.3) is 5.89 Å². The summed E-state index contributed by atoms with van der Waals surface area (Å²) in [6.07, 6.45) is 11.0. The number of anilines is 1. The number of aryl methyl sites for hydroxylation is 2. The van der Waals surface area contributed by atoms with Crippen LogP contribution in [0.3, 0.4) is 0 Å². The van der Waals surface area contributed by atoms with Crippen molar-refractivity contribution in [1.82, 2.24) is 15.0 Å². The molecule has 12 nitrogen and oxygen atoms in total. The van der Waals surface area contributed by atoms with E-state index < -0.39 is 11.1 Å². The lowest BCUT2D eigenvalue weighted by molar-refractivity contribution is 0.0786. The summed E-state index contributed by atoms with van der Waals surface area (Å²) >= 11 is 0. The first-order valence-corrected chi connectivity index (χ1v) is 20.2. The van der Waals surface area contributed by atoms with Crippen LogP contribution in [0.1, 0.15) is 73.5 Å². The Bertz CT molecular complexity index is 2020. The summed E-state index contributed by atoms with van der Waals surface area (Å²) in [6, 6.07) is 20.6. The summed E-state index contributed by atoms with van der Waals surface area (Å²) in [6.45, 7) is 6.64. The highest BCUT2D eigenvalue weighted by molar-refractivity contribution is 5.83. The van der Waals surface area contributed by atoms with Gasteiger partial charge in [-0.15, -0.1) is 0 Å². The summed E-state index contributed by atoms with van der Waals surface area (Å²) in [5.41, 5.74) is 19.1. The minimum atomic E-state index is -1.05. The Morgan fingerprint density at radius 2 is 1.54 bits per heavy atom. The van der Waals surface area contributed by atoms with E-state index in [1.165, 1.54) is 61.6 Å². The van der Waals surface area contributed by atoms with Gasteiger partial charge in [-0.05, 0) is 85.2 Å². The van der Waals surface area contributed by atoms with Crippen LogP contribution in [-0.2, 0) is 25.8 Å². The van der Waals surface area contributed by atoms with Gasteiger partial charge in [-0.3, -0.25) is 4.90 Å². The number of aliphatic hydroxyl groups is 4. The maximum Gasteiger partial charge on any atom is 0.258 e. The van der Waals surface area contributed by atoms with Gasteiger partial charge in [0.1, 0.15) is 11.3 Å². The summed E-state index contributed by atoms with van der Waals surface area (Å²) in [5.74, 6) is 1.83. The zero-order valence-electron chi connectivity index (χ0n) is 33.1. The second-order valence-corrected chi connectivity index (χ2v) is 15.9. The maximum absolute atomic E-state index is 9.55. The molecular weight excluding hydrogens is 709 g/mol. The molecule has 3 aromatic carbocycles. The van der Waals surface area contributed by atoms with Crippen LogP contribution in [0.4, 0.5) is 5.69 Å². The molecule has 2 aromatic heterocycles. The molecule has 2 aliphatic heterocycles. The normalized spacial score (nSPS) is 14.5. The Morgan fingerprint density at radius 3 is 2.30 bits per heavy atom. The van der Waals surface area contributed by atoms with Gasteiger partial charge in [-0.1, -0.05) is 74.5 Å². The van der Waals surface area contributed by atoms with Gasteiger partial charge in [0.05, 0.1) is 37.5 Å². The number of benzene rings is 3. The van der Waals surface area contributed by atoms with E-state index in [-0.39, 0.29) is 26.4 Å². The lowest BCUT2D eigenvalue weighted by Crippen LogP contribution is -2.56. The molecule has 4 heterocycles. The number of hydrogen-bond donors (Lipinski definition) is 6. The van der Waals surface area contributed by atoms with Crippen molar-refractivity contribution in [3.05, 3.63) is 88.7 Å². The van der Waals surface area contributed by atoms with E-state index in [0.29, 0.717) is 24.8 Å². The Hall–Kier alpha value is -4.14. The highest BCUT2D eigenvalue weighted by atomic mass is 16.5. The number of fused-ring (bicyclic) bond motifs is 3. The fourth-order valence-corrected chi connectivity index (χ4v) is 7.82. The molecule has 0 bridgehead atoms. The standard InChI is InChI=1S/C23H24N4O4.C21H36N2O2/c1-14-9-16-10-15(5-6-20(16)30-14)22-25-21(26-31-22)18-3-2-4-19-17(18)7-8-27(19)11-23(24,12-28)13-29;1-2-3-4-5-6-7-8-18-9-10-20-14-23(12-11-19(20)13-18)15-21(22,16-24)17-25/h2-6,9-10,28-29H,7-8,11-13,24H2,1H3;9-10,13,24-25H,2-8,11-12,14-17,22H2,1H3. The van der Waals surface area contributed by atoms with Crippen LogP contribution in [0.5, 0.6) is 0 Å². The zero-order chi connectivity index (χ0) is 39.7. The van der Waals surface area contributed by atoms with Gasteiger partial charge < -0.3 is 45.7 Å². The fourth-order valence-electron chi connectivity index (χ4n) is 7.82. The van der Waals surface area contributed by atoms with Crippen LogP contribution < -0.4 is 16.4 Å². The number of nitrogens with zero attached hydrogens (tertiary/aromatic N) is 4. The van der Waals surface area contributed by atoms with Crippen molar-refractivity contribution in [2.75, 3.05) is 57.5 Å². The first kappa shape index (κ1) is 41.5. The van der Waals surface area contributed by atoms with Gasteiger partial charge in [0.15, 0.2) is 0 Å².